The second kappa shape index (κ2) is 5.79. The summed E-state index contributed by atoms with van der Waals surface area (Å²) in [5.41, 5.74) is 1.05. The van der Waals surface area contributed by atoms with Crippen molar-refractivity contribution in [1.82, 2.24) is 4.98 Å². The number of halogens is 2. The van der Waals surface area contributed by atoms with E-state index in [9.17, 15) is 18.4 Å². The number of carbonyl (C=O) groups is 1. The fourth-order valence-corrected chi connectivity index (χ4v) is 2.64. The molecular weight excluding hydrogens is 304 g/mol. The highest BCUT2D eigenvalue weighted by Gasteiger charge is 2.30. The van der Waals surface area contributed by atoms with Crippen LogP contribution in [0, 0.1) is 6.92 Å². The van der Waals surface area contributed by atoms with Gasteiger partial charge < -0.3 is 9.72 Å². The maximum Gasteiger partial charge on any atom is 0.270 e. The number of ether oxygens (including phenoxy) is 1. The van der Waals surface area contributed by atoms with Crippen LogP contribution in [0.1, 0.15) is 39.7 Å². The van der Waals surface area contributed by atoms with Gasteiger partial charge in [0.2, 0.25) is 0 Å². The van der Waals surface area contributed by atoms with Crippen LogP contribution in [0.15, 0.2) is 41.2 Å². The summed E-state index contributed by atoms with van der Waals surface area (Å²) in [4.78, 5) is 26.7. The van der Waals surface area contributed by atoms with Gasteiger partial charge in [-0.1, -0.05) is 18.2 Å². The summed E-state index contributed by atoms with van der Waals surface area (Å²) < 4.78 is 30.5. The largest absolute Gasteiger partial charge is 0.484 e. The maximum atomic E-state index is 12.4. The predicted octanol–water partition coefficient (Wildman–Crippen LogP) is 3.63. The van der Waals surface area contributed by atoms with E-state index in [-0.39, 0.29) is 23.5 Å². The van der Waals surface area contributed by atoms with E-state index < -0.39 is 17.7 Å². The highest BCUT2D eigenvalue weighted by molar-refractivity contribution is 5.99. The molecule has 1 N–H and O–H groups in total. The molecule has 1 aliphatic heterocycles. The Morgan fingerprint density at radius 3 is 2.83 bits per heavy atom. The molecule has 0 fully saturated rings. The lowest BCUT2D eigenvalue weighted by Crippen LogP contribution is -2.28. The van der Waals surface area contributed by atoms with Gasteiger partial charge in [-0.25, -0.2) is 0 Å². The molecule has 1 aliphatic rings. The summed E-state index contributed by atoms with van der Waals surface area (Å²) >= 11 is 0. The van der Waals surface area contributed by atoms with Gasteiger partial charge in [-0.05, 0) is 24.1 Å². The summed E-state index contributed by atoms with van der Waals surface area (Å²) in [7, 11) is 0. The summed E-state index contributed by atoms with van der Waals surface area (Å²) in [5.74, 6) is -0.0970. The maximum absolute atomic E-state index is 12.4. The van der Waals surface area contributed by atoms with Crippen molar-refractivity contribution in [3.63, 3.8) is 0 Å². The van der Waals surface area contributed by atoms with Gasteiger partial charge in [0.25, 0.3) is 11.6 Å². The average Bonchev–Trinajstić information content (AvgIpc) is 2.45. The number of aryl methyl sites for hydroxylation is 1. The monoisotopic (exact) mass is 317 g/mol. The normalized spacial score (nSPS) is 16.5. The molecule has 1 aromatic carbocycles. The van der Waals surface area contributed by atoms with E-state index in [4.69, 9.17) is 4.74 Å². The van der Waals surface area contributed by atoms with Gasteiger partial charge in [-0.3, -0.25) is 9.59 Å². The van der Waals surface area contributed by atoms with Gasteiger partial charge in [0.05, 0.1) is 6.42 Å². The number of Topliss-reactive ketones (excluding diaryl/α,β-unsaturated/α-hetero) is 1. The zero-order chi connectivity index (χ0) is 16.6. The van der Waals surface area contributed by atoms with Gasteiger partial charge in [0.15, 0.2) is 5.78 Å². The van der Waals surface area contributed by atoms with Crippen molar-refractivity contribution in [2.75, 3.05) is 0 Å². The van der Waals surface area contributed by atoms with Crippen LogP contribution >= 0.6 is 0 Å². The van der Waals surface area contributed by atoms with Crippen molar-refractivity contribution in [3.8, 4) is 5.75 Å². The second-order valence-electron chi connectivity index (χ2n) is 5.36. The van der Waals surface area contributed by atoms with E-state index in [1.165, 1.54) is 6.07 Å². The zero-order valence-corrected chi connectivity index (χ0v) is 12.2. The second-order valence-corrected chi connectivity index (χ2v) is 5.36. The molecule has 0 aliphatic carbocycles. The molecule has 3 rings (SSSR count). The van der Waals surface area contributed by atoms with Crippen LogP contribution < -0.4 is 10.3 Å². The first-order chi connectivity index (χ1) is 10.9. The molecule has 23 heavy (non-hydrogen) atoms. The summed E-state index contributed by atoms with van der Waals surface area (Å²) in [6.07, 6.45) is -1.66. The molecule has 0 saturated carbocycles. The number of aromatic amines is 1. The van der Waals surface area contributed by atoms with Gasteiger partial charge >= 0.3 is 0 Å². The Morgan fingerprint density at radius 2 is 2.09 bits per heavy atom. The number of benzene rings is 1. The number of nitrogens with one attached hydrogen (secondary N) is 1. The van der Waals surface area contributed by atoms with Crippen LogP contribution in [0.4, 0.5) is 8.78 Å². The van der Waals surface area contributed by atoms with Crippen molar-refractivity contribution in [1.29, 1.82) is 0 Å². The molecule has 0 radical (unpaired) electrons. The fourth-order valence-electron chi connectivity index (χ4n) is 2.64. The Balaban J connectivity index is 1.99. The Hall–Kier alpha value is -2.76. The van der Waals surface area contributed by atoms with Crippen molar-refractivity contribution in [2.24, 2.45) is 0 Å². The molecule has 118 valence electrons. The van der Waals surface area contributed by atoms with Crippen LogP contribution in [0.3, 0.4) is 0 Å². The molecule has 0 amide bonds. The summed E-state index contributed by atoms with van der Waals surface area (Å²) in [6.45, 7) is 1.69. The van der Waals surface area contributed by atoms with E-state index in [0.29, 0.717) is 16.8 Å². The van der Waals surface area contributed by atoms with Gasteiger partial charge in [0.1, 0.15) is 17.4 Å². The minimum Gasteiger partial charge on any atom is -0.484 e. The van der Waals surface area contributed by atoms with Crippen LogP contribution in [-0.4, -0.2) is 10.8 Å². The minimum absolute atomic E-state index is 0.00951. The number of hydrogen-bond acceptors (Lipinski definition) is 3. The number of aromatic nitrogens is 1. The zero-order valence-electron chi connectivity index (χ0n) is 12.2. The lowest BCUT2D eigenvalue weighted by atomic mass is 9.96. The quantitative estimate of drug-likeness (QED) is 0.920. The van der Waals surface area contributed by atoms with Crippen molar-refractivity contribution in [3.05, 3.63) is 69.2 Å². The lowest BCUT2D eigenvalue weighted by Gasteiger charge is -2.25. The highest BCUT2D eigenvalue weighted by atomic mass is 19.3. The summed E-state index contributed by atoms with van der Waals surface area (Å²) in [5, 5.41) is 0. The molecule has 1 unspecified atom stereocenters. The lowest BCUT2D eigenvalue weighted by molar-refractivity contribution is 0.0847. The third-order valence-electron chi connectivity index (χ3n) is 3.61. The standard InChI is InChI=1S/C17H13F2NO3/c1-9-5-14-16(17(22)20-9)12(21)8-13(23-14)11-4-2-3-10(6-11)7-15(18)19/h2-7,13H,8H2,1H3,(H,20,22). The number of carbonyl (C=O) groups excluding carboxylic acids is 1. The number of rotatable bonds is 2. The number of hydrogen-bond donors (Lipinski definition) is 1. The van der Waals surface area contributed by atoms with E-state index >= 15 is 0 Å². The van der Waals surface area contributed by atoms with Gasteiger partial charge in [-0.15, -0.1) is 0 Å². The van der Waals surface area contributed by atoms with E-state index in [2.05, 4.69) is 4.98 Å². The number of pyridine rings is 1. The molecule has 0 spiro atoms. The Bertz CT molecular complexity index is 866. The van der Waals surface area contributed by atoms with Crippen LogP contribution in [-0.2, 0) is 0 Å². The van der Waals surface area contributed by atoms with Crippen LogP contribution in [0.5, 0.6) is 5.75 Å². The average molecular weight is 317 g/mol. The molecule has 0 saturated heterocycles. The highest BCUT2D eigenvalue weighted by Crippen LogP contribution is 2.33. The Kier molecular flexibility index (Phi) is 3.82. The minimum atomic E-state index is -1.80. The van der Waals surface area contributed by atoms with Gasteiger partial charge in [-0.2, -0.15) is 8.78 Å². The first-order valence-electron chi connectivity index (χ1n) is 7.00. The molecule has 6 heteroatoms. The number of fused-ring (bicyclic) bond motifs is 1. The smallest absolute Gasteiger partial charge is 0.270 e. The topological polar surface area (TPSA) is 59.2 Å². The number of H-pyrrole nitrogens is 1. The van der Waals surface area contributed by atoms with Crippen molar-refractivity contribution >= 4 is 11.9 Å². The summed E-state index contributed by atoms with van der Waals surface area (Å²) in [6, 6.07) is 8.00. The predicted molar refractivity (Wildman–Crippen MR) is 80.8 cm³/mol. The van der Waals surface area contributed by atoms with Gasteiger partial charge in [0, 0.05) is 17.8 Å². The molecule has 1 atom stereocenters. The number of ketones is 1. The van der Waals surface area contributed by atoms with E-state index in [1.807, 2.05) is 0 Å². The molecular formula is C17H13F2NO3. The fraction of sp³-hybridized carbons (Fsp3) is 0.176. The Morgan fingerprint density at radius 1 is 1.30 bits per heavy atom. The van der Waals surface area contributed by atoms with E-state index in [1.54, 1.807) is 31.2 Å². The van der Waals surface area contributed by atoms with Crippen LogP contribution in [0.2, 0.25) is 0 Å². The molecule has 0 bridgehead atoms. The van der Waals surface area contributed by atoms with E-state index in [0.717, 1.165) is 6.08 Å². The van der Waals surface area contributed by atoms with Crippen molar-refractivity contribution < 1.29 is 18.3 Å². The molecule has 1 aromatic heterocycles. The van der Waals surface area contributed by atoms with Crippen molar-refractivity contribution in [2.45, 2.75) is 19.4 Å². The van der Waals surface area contributed by atoms with Crippen LogP contribution in [0.25, 0.3) is 6.08 Å². The third kappa shape index (κ3) is 3.06. The molecule has 2 aromatic rings. The molecule has 2 heterocycles. The SMILES string of the molecule is Cc1cc2c(c(=O)[nH]1)C(=O)CC(c1cccc(C=C(F)F)c1)O2. The third-order valence-corrected chi connectivity index (χ3v) is 3.61. The molecule has 4 nitrogen and oxygen atoms in total. The first kappa shape index (κ1) is 15.1. The Labute approximate surface area is 130 Å². The first-order valence-corrected chi connectivity index (χ1v) is 7.00.